The van der Waals surface area contributed by atoms with E-state index >= 15 is 0 Å². The van der Waals surface area contributed by atoms with E-state index in [9.17, 15) is 14.4 Å². The van der Waals surface area contributed by atoms with Crippen LogP contribution in [-0.2, 0) is 20.9 Å². The van der Waals surface area contributed by atoms with Gasteiger partial charge in [-0.05, 0) is 17.5 Å². The summed E-state index contributed by atoms with van der Waals surface area (Å²) in [4.78, 5) is 35.0. The van der Waals surface area contributed by atoms with Crippen molar-refractivity contribution >= 4 is 30.1 Å². The molecular weight excluding hydrogens is 294 g/mol. The molecule has 0 aromatic heterocycles. The van der Waals surface area contributed by atoms with Crippen molar-refractivity contribution < 1.29 is 14.4 Å². The lowest BCUT2D eigenvalue weighted by Gasteiger charge is -2.23. The molecule has 6 nitrogen and oxygen atoms in total. The van der Waals surface area contributed by atoms with Crippen LogP contribution >= 0.6 is 12.4 Å². The maximum absolute atomic E-state index is 12.3. The number of carbonyl (C=O) groups is 3. The molecule has 0 saturated carbocycles. The highest BCUT2D eigenvalue weighted by atomic mass is 35.5. The van der Waals surface area contributed by atoms with Gasteiger partial charge in [0.1, 0.15) is 12.1 Å². The third-order valence-electron chi connectivity index (χ3n) is 3.68. The summed E-state index contributed by atoms with van der Waals surface area (Å²) in [5, 5.41) is 8.06. The number of fused-ring (bicyclic) bond motifs is 1. The van der Waals surface area contributed by atoms with Crippen molar-refractivity contribution in [1.82, 2.24) is 16.0 Å². The van der Waals surface area contributed by atoms with Crippen LogP contribution in [-0.4, -0.2) is 23.8 Å². The van der Waals surface area contributed by atoms with Gasteiger partial charge in [-0.3, -0.25) is 25.0 Å². The number of halogens is 1. The van der Waals surface area contributed by atoms with Gasteiger partial charge < -0.3 is 5.32 Å². The quantitative estimate of drug-likeness (QED) is 0.680. The van der Waals surface area contributed by atoms with Gasteiger partial charge in [0.05, 0.1) is 0 Å². The average Bonchev–Trinajstić information content (AvgIpc) is 2.86. The zero-order valence-corrected chi connectivity index (χ0v) is 12.0. The molecule has 0 aliphatic carbocycles. The summed E-state index contributed by atoms with van der Waals surface area (Å²) < 4.78 is 0. The van der Waals surface area contributed by atoms with E-state index in [1.54, 1.807) is 0 Å². The molecule has 1 fully saturated rings. The SMILES string of the molecule is Cl.O=C1CCC(NC(=O)C2NCc3ccccc32)C(=O)N1. The molecule has 2 atom stereocenters. The van der Waals surface area contributed by atoms with E-state index in [2.05, 4.69) is 16.0 Å². The predicted molar refractivity (Wildman–Crippen MR) is 77.6 cm³/mol. The fourth-order valence-electron chi connectivity index (χ4n) is 2.62. The zero-order valence-electron chi connectivity index (χ0n) is 11.2. The number of nitrogens with one attached hydrogen (secondary N) is 3. The molecule has 0 spiro atoms. The Morgan fingerprint density at radius 3 is 2.76 bits per heavy atom. The molecule has 0 bridgehead atoms. The number of rotatable bonds is 2. The van der Waals surface area contributed by atoms with Crippen molar-refractivity contribution in [2.75, 3.05) is 0 Å². The van der Waals surface area contributed by atoms with Crippen LogP contribution in [0.4, 0.5) is 0 Å². The average molecular weight is 310 g/mol. The largest absolute Gasteiger partial charge is 0.343 e. The second-order valence-corrected chi connectivity index (χ2v) is 5.03. The van der Waals surface area contributed by atoms with Crippen LogP contribution in [0.25, 0.3) is 0 Å². The Labute approximate surface area is 128 Å². The Balaban J connectivity index is 0.00000161. The van der Waals surface area contributed by atoms with Crippen LogP contribution in [0.5, 0.6) is 0 Å². The van der Waals surface area contributed by atoms with E-state index < -0.39 is 18.0 Å². The minimum atomic E-state index is -0.630. The molecule has 0 radical (unpaired) electrons. The standard InChI is InChI=1S/C14H15N3O3.ClH/c18-11-6-5-10(13(19)17-11)16-14(20)12-9-4-2-1-3-8(9)7-15-12;/h1-4,10,12,15H,5-7H2,(H,16,20)(H,17,18,19);1H. The summed E-state index contributed by atoms with van der Waals surface area (Å²) in [6.45, 7) is 0.642. The first-order valence-corrected chi connectivity index (χ1v) is 6.60. The molecule has 1 aromatic rings. The summed E-state index contributed by atoms with van der Waals surface area (Å²) >= 11 is 0. The van der Waals surface area contributed by atoms with Gasteiger partial charge in [0, 0.05) is 13.0 Å². The summed E-state index contributed by atoms with van der Waals surface area (Å²) in [7, 11) is 0. The molecule has 2 unspecified atom stereocenters. The van der Waals surface area contributed by atoms with Crippen molar-refractivity contribution in [3.8, 4) is 0 Å². The minimum Gasteiger partial charge on any atom is -0.343 e. The number of amides is 3. The highest BCUT2D eigenvalue weighted by Gasteiger charge is 2.33. The number of hydrogen-bond acceptors (Lipinski definition) is 4. The topological polar surface area (TPSA) is 87.3 Å². The van der Waals surface area contributed by atoms with Crippen molar-refractivity contribution in [2.24, 2.45) is 0 Å². The number of hydrogen-bond donors (Lipinski definition) is 3. The molecule has 3 amide bonds. The number of benzene rings is 1. The number of carbonyl (C=O) groups excluding carboxylic acids is 3. The van der Waals surface area contributed by atoms with Gasteiger partial charge in [-0.15, -0.1) is 12.4 Å². The second-order valence-electron chi connectivity index (χ2n) is 5.03. The van der Waals surface area contributed by atoms with Crippen molar-refractivity contribution in [2.45, 2.75) is 31.5 Å². The zero-order chi connectivity index (χ0) is 14.1. The summed E-state index contributed by atoms with van der Waals surface area (Å²) in [5.74, 6) is -0.949. The Kier molecular flexibility index (Phi) is 4.59. The lowest BCUT2D eigenvalue weighted by molar-refractivity contribution is -0.137. The normalized spacial score (nSPS) is 23.8. The molecule has 7 heteroatoms. The molecule has 3 rings (SSSR count). The summed E-state index contributed by atoms with van der Waals surface area (Å²) in [6, 6.07) is 6.64. The van der Waals surface area contributed by atoms with Gasteiger partial charge in [-0.25, -0.2) is 0 Å². The van der Waals surface area contributed by atoms with Gasteiger partial charge >= 0.3 is 0 Å². The predicted octanol–water partition coefficient (Wildman–Crippen LogP) is 0.174. The van der Waals surface area contributed by atoms with Crippen LogP contribution in [0.1, 0.15) is 30.0 Å². The van der Waals surface area contributed by atoms with Crippen LogP contribution in [0, 0.1) is 0 Å². The maximum Gasteiger partial charge on any atom is 0.249 e. The van der Waals surface area contributed by atoms with Crippen LogP contribution in [0.3, 0.4) is 0 Å². The number of piperidine rings is 1. The van der Waals surface area contributed by atoms with E-state index in [0.717, 1.165) is 11.1 Å². The van der Waals surface area contributed by atoms with E-state index in [4.69, 9.17) is 0 Å². The monoisotopic (exact) mass is 309 g/mol. The minimum absolute atomic E-state index is 0. The summed E-state index contributed by atoms with van der Waals surface area (Å²) in [6.07, 6.45) is 0.607. The Bertz CT molecular complexity index is 591. The van der Waals surface area contributed by atoms with E-state index in [0.29, 0.717) is 13.0 Å². The molecular formula is C14H16ClN3O3. The molecule has 2 aliphatic heterocycles. The Morgan fingerprint density at radius 2 is 2.00 bits per heavy atom. The summed E-state index contributed by atoms with van der Waals surface area (Å²) in [5.41, 5.74) is 2.04. The molecule has 21 heavy (non-hydrogen) atoms. The highest BCUT2D eigenvalue weighted by Crippen LogP contribution is 2.25. The Hall–Kier alpha value is -1.92. The maximum atomic E-state index is 12.3. The van der Waals surface area contributed by atoms with Crippen molar-refractivity contribution in [3.63, 3.8) is 0 Å². The lowest BCUT2D eigenvalue weighted by atomic mass is 10.0. The fraction of sp³-hybridized carbons (Fsp3) is 0.357. The molecule has 1 aromatic carbocycles. The van der Waals surface area contributed by atoms with Crippen LogP contribution in [0.15, 0.2) is 24.3 Å². The lowest BCUT2D eigenvalue weighted by Crippen LogP contribution is -2.53. The van der Waals surface area contributed by atoms with Gasteiger partial charge in [0.2, 0.25) is 17.7 Å². The van der Waals surface area contributed by atoms with Gasteiger partial charge in [-0.2, -0.15) is 0 Å². The van der Waals surface area contributed by atoms with Crippen molar-refractivity contribution in [1.29, 1.82) is 0 Å². The third-order valence-corrected chi connectivity index (χ3v) is 3.68. The third kappa shape index (κ3) is 3.06. The Morgan fingerprint density at radius 1 is 1.24 bits per heavy atom. The van der Waals surface area contributed by atoms with Crippen LogP contribution < -0.4 is 16.0 Å². The number of imide groups is 1. The van der Waals surface area contributed by atoms with Gasteiger partial charge in [0.25, 0.3) is 0 Å². The molecule has 112 valence electrons. The molecule has 1 saturated heterocycles. The first-order valence-electron chi connectivity index (χ1n) is 6.60. The molecule has 3 N–H and O–H groups in total. The first-order chi connectivity index (χ1) is 9.65. The second kappa shape index (κ2) is 6.24. The molecule has 2 aliphatic rings. The smallest absolute Gasteiger partial charge is 0.249 e. The van der Waals surface area contributed by atoms with E-state index in [-0.39, 0.29) is 30.6 Å². The van der Waals surface area contributed by atoms with Gasteiger partial charge in [-0.1, -0.05) is 24.3 Å². The van der Waals surface area contributed by atoms with Crippen LogP contribution in [0.2, 0.25) is 0 Å². The van der Waals surface area contributed by atoms with E-state index in [1.807, 2.05) is 24.3 Å². The first kappa shape index (κ1) is 15.5. The van der Waals surface area contributed by atoms with E-state index in [1.165, 1.54) is 0 Å². The highest BCUT2D eigenvalue weighted by molar-refractivity contribution is 6.02. The molecule has 2 heterocycles. The van der Waals surface area contributed by atoms with Crippen molar-refractivity contribution in [3.05, 3.63) is 35.4 Å². The van der Waals surface area contributed by atoms with Gasteiger partial charge in [0.15, 0.2) is 0 Å². The fourth-order valence-corrected chi connectivity index (χ4v) is 2.62.